The van der Waals surface area contributed by atoms with Gasteiger partial charge in [-0.1, -0.05) is 42.0 Å². The van der Waals surface area contributed by atoms with Crippen molar-refractivity contribution in [1.29, 1.82) is 0 Å². The number of hydrogen-bond acceptors (Lipinski definition) is 4. The number of nitrogens with one attached hydrogen (secondary N) is 2. The molecule has 0 bridgehead atoms. The average Bonchev–Trinajstić information content (AvgIpc) is 3.00. The van der Waals surface area contributed by atoms with E-state index in [1.165, 1.54) is 5.57 Å². The Morgan fingerprint density at radius 1 is 1.33 bits per heavy atom. The summed E-state index contributed by atoms with van der Waals surface area (Å²) in [6.45, 7) is 4.45. The summed E-state index contributed by atoms with van der Waals surface area (Å²) in [4.78, 5) is 16.4. The molecule has 126 valence electrons. The van der Waals surface area contributed by atoms with Crippen molar-refractivity contribution in [2.24, 2.45) is 0 Å². The molecule has 0 radical (unpaired) electrons. The van der Waals surface area contributed by atoms with E-state index in [1.807, 2.05) is 37.3 Å². The molecule has 5 nitrogen and oxygen atoms in total. The fourth-order valence-corrected chi connectivity index (χ4v) is 2.77. The van der Waals surface area contributed by atoms with Crippen molar-refractivity contribution < 1.29 is 9.21 Å². The monoisotopic (exact) mass is 325 g/mol. The van der Waals surface area contributed by atoms with Gasteiger partial charge in [0.2, 0.25) is 5.91 Å². The van der Waals surface area contributed by atoms with Gasteiger partial charge < -0.3 is 15.1 Å². The van der Waals surface area contributed by atoms with Gasteiger partial charge in [0.25, 0.3) is 0 Å². The predicted octanol–water partition coefficient (Wildman–Crippen LogP) is 2.62. The lowest BCUT2D eigenvalue weighted by molar-refractivity contribution is -0.120. The van der Waals surface area contributed by atoms with Crippen LogP contribution in [-0.2, 0) is 11.2 Å². The highest BCUT2D eigenvalue weighted by Crippen LogP contribution is 2.24. The van der Waals surface area contributed by atoms with Crippen LogP contribution in [0.4, 0.5) is 0 Å². The highest BCUT2D eigenvalue weighted by atomic mass is 16.4. The molecule has 24 heavy (non-hydrogen) atoms. The summed E-state index contributed by atoms with van der Waals surface area (Å²) < 4.78 is 5.83. The van der Waals surface area contributed by atoms with E-state index in [4.69, 9.17) is 4.42 Å². The third kappa shape index (κ3) is 4.32. The van der Waals surface area contributed by atoms with Crippen molar-refractivity contribution in [3.8, 4) is 11.3 Å². The summed E-state index contributed by atoms with van der Waals surface area (Å²) in [5.41, 5.74) is 3.16. The smallest absolute Gasteiger partial charge is 0.220 e. The summed E-state index contributed by atoms with van der Waals surface area (Å²) in [7, 11) is 0. The predicted molar refractivity (Wildman–Crippen MR) is 93.6 cm³/mol. The molecule has 3 rings (SSSR count). The Kier molecular flexibility index (Phi) is 5.43. The summed E-state index contributed by atoms with van der Waals surface area (Å²) >= 11 is 0. The minimum Gasteiger partial charge on any atom is -0.440 e. The lowest BCUT2D eigenvalue weighted by atomic mass is 10.1. The normalized spacial score (nSPS) is 14.3. The van der Waals surface area contributed by atoms with Gasteiger partial charge in [0.1, 0.15) is 0 Å². The van der Waals surface area contributed by atoms with Gasteiger partial charge in [-0.05, 0) is 19.9 Å². The third-order valence-corrected chi connectivity index (χ3v) is 4.11. The molecule has 5 heteroatoms. The maximum absolute atomic E-state index is 12.0. The van der Waals surface area contributed by atoms with E-state index in [-0.39, 0.29) is 5.91 Å². The Hall–Kier alpha value is -2.40. The highest BCUT2D eigenvalue weighted by molar-refractivity contribution is 5.76. The van der Waals surface area contributed by atoms with Gasteiger partial charge in [0, 0.05) is 31.5 Å². The lowest BCUT2D eigenvalue weighted by Crippen LogP contribution is -2.29. The minimum absolute atomic E-state index is 0.0338. The molecule has 0 spiro atoms. The first-order valence-corrected chi connectivity index (χ1v) is 8.39. The minimum atomic E-state index is 0.0338. The van der Waals surface area contributed by atoms with Crippen LogP contribution in [-0.4, -0.2) is 30.5 Å². The number of amides is 1. The van der Waals surface area contributed by atoms with Crippen molar-refractivity contribution in [2.75, 3.05) is 19.6 Å². The Labute approximate surface area is 142 Å². The second-order valence-electron chi connectivity index (χ2n) is 5.98. The second-order valence-corrected chi connectivity index (χ2v) is 5.98. The fourth-order valence-electron chi connectivity index (χ4n) is 2.77. The van der Waals surface area contributed by atoms with Crippen molar-refractivity contribution in [1.82, 2.24) is 15.6 Å². The number of rotatable bonds is 6. The van der Waals surface area contributed by atoms with Gasteiger partial charge in [0.15, 0.2) is 11.7 Å². The average molecular weight is 325 g/mol. The number of hydrogen-bond donors (Lipinski definition) is 2. The molecular formula is C19H23N3O2. The maximum atomic E-state index is 12.0. The van der Waals surface area contributed by atoms with Crippen LogP contribution in [0.5, 0.6) is 0 Å². The summed E-state index contributed by atoms with van der Waals surface area (Å²) in [5.74, 6) is 1.43. The molecule has 1 amide bonds. The molecule has 0 saturated heterocycles. The zero-order valence-corrected chi connectivity index (χ0v) is 14.0. The van der Waals surface area contributed by atoms with E-state index in [9.17, 15) is 4.79 Å². The van der Waals surface area contributed by atoms with Gasteiger partial charge >= 0.3 is 0 Å². The number of aromatic nitrogens is 1. The Morgan fingerprint density at radius 3 is 2.92 bits per heavy atom. The van der Waals surface area contributed by atoms with Crippen LogP contribution in [0.25, 0.3) is 11.3 Å². The maximum Gasteiger partial charge on any atom is 0.220 e. The molecule has 2 N–H and O–H groups in total. The molecule has 1 aromatic carbocycles. The molecule has 1 aliphatic rings. The third-order valence-electron chi connectivity index (χ3n) is 4.11. The molecule has 1 aliphatic heterocycles. The number of carbonyl (C=O) groups is 1. The molecule has 0 fully saturated rings. The van der Waals surface area contributed by atoms with Crippen molar-refractivity contribution >= 4 is 5.91 Å². The number of nitrogens with zero attached hydrogens (tertiary/aromatic N) is 1. The summed E-state index contributed by atoms with van der Waals surface area (Å²) in [6, 6.07) is 9.91. The number of oxazole rings is 1. The zero-order chi connectivity index (χ0) is 16.8. The Bertz CT molecular complexity index is 719. The van der Waals surface area contributed by atoms with E-state index in [2.05, 4.69) is 21.7 Å². The van der Waals surface area contributed by atoms with Crippen molar-refractivity contribution in [3.05, 3.63) is 53.6 Å². The van der Waals surface area contributed by atoms with Crippen LogP contribution in [0.1, 0.15) is 24.4 Å². The molecule has 0 atom stereocenters. The first-order valence-electron chi connectivity index (χ1n) is 8.39. The molecule has 0 saturated carbocycles. The van der Waals surface area contributed by atoms with Crippen LogP contribution in [0.2, 0.25) is 0 Å². The van der Waals surface area contributed by atoms with Crippen LogP contribution in [0.15, 0.2) is 46.4 Å². The van der Waals surface area contributed by atoms with E-state index in [0.29, 0.717) is 25.3 Å². The quantitative estimate of drug-likeness (QED) is 0.801. The van der Waals surface area contributed by atoms with Crippen molar-refractivity contribution in [2.45, 2.75) is 26.2 Å². The van der Waals surface area contributed by atoms with Crippen LogP contribution in [0.3, 0.4) is 0 Å². The van der Waals surface area contributed by atoms with Crippen LogP contribution < -0.4 is 10.6 Å². The fraction of sp³-hybridized carbons (Fsp3) is 0.368. The Morgan fingerprint density at radius 2 is 2.17 bits per heavy atom. The largest absolute Gasteiger partial charge is 0.440 e. The lowest BCUT2D eigenvalue weighted by Gasteiger charge is -2.14. The number of benzene rings is 1. The highest BCUT2D eigenvalue weighted by Gasteiger charge is 2.13. The van der Waals surface area contributed by atoms with Crippen molar-refractivity contribution in [3.63, 3.8) is 0 Å². The van der Waals surface area contributed by atoms with Gasteiger partial charge in [0.05, 0.1) is 5.69 Å². The van der Waals surface area contributed by atoms with E-state index < -0.39 is 0 Å². The SMILES string of the molecule is Cc1nc(CCC(=O)NCC2=CCNCC2)oc1-c1ccccc1. The van der Waals surface area contributed by atoms with Gasteiger partial charge in [-0.25, -0.2) is 4.98 Å². The summed E-state index contributed by atoms with van der Waals surface area (Å²) in [6.07, 6.45) is 4.05. The topological polar surface area (TPSA) is 67.2 Å². The first-order chi connectivity index (χ1) is 11.7. The number of aryl methyl sites for hydroxylation is 2. The Balaban J connectivity index is 1.51. The van der Waals surface area contributed by atoms with Crippen LogP contribution >= 0.6 is 0 Å². The molecule has 0 aliphatic carbocycles. The standard InChI is InChI=1S/C19H23N3O2/c1-14-19(16-5-3-2-4-6-16)24-18(22-14)8-7-17(23)21-13-15-9-11-20-12-10-15/h2-6,9,20H,7-8,10-13H2,1H3,(H,21,23). The van der Waals surface area contributed by atoms with E-state index in [1.54, 1.807) is 0 Å². The number of carbonyl (C=O) groups excluding carboxylic acids is 1. The van der Waals surface area contributed by atoms with E-state index in [0.717, 1.165) is 36.5 Å². The second kappa shape index (κ2) is 7.93. The summed E-state index contributed by atoms with van der Waals surface area (Å²) in [5, 5.41) is 6.23. The van der Waals surface area contributed by atoms with Gasteiger partial charge in [-0.15, -0.1) is 0 Å². The van der Waals surface area contributed by atoms with Gasteiger partial charge in [-0.2, -0.15) is 0 Å². The first kappa shape index (κ1) is 16.5. The molecular weight excluding hydrogens is 302 g/mol. The van der Waals surface area contributed by atoms with E-state index >= 15 is 0 Å². The molecule has 0 unspecified atom stereocenters. The van der Waals surface area contributed by atoms with Crippen LogP contribution in [0, 0.1) is 6.92 Å². The molecule has 2 heterocycles. The molecule has 1 aromatic heterocycles. The van der Waals surface area contributed by atoms with Gasteiger partial charge in [-0.3, -0.25) is 4.79 Å². The molecule has 2 aromatic rings. The zero-order valence-electron chi connectivity index (χ0n) is 14.0.